The molecule has 1 aliphatic heterocycles. The number of nitrogens with one attached hydrogen (secondary N) is 3. The smallest absolute Gasteiger partial charge is 0.251 e. The minimum absolute atomic E-state index is 0.241. The molecule has 4 rings (SSSR count). The van der Waals surface area contributed by atoms with Gasteiger partial charge in [0.1, 0.15) is 0 Å². The molecule has 0 aliphatic carbocycles. The van der Waals surface area contributed by atoms with E-state index in [0.717, 1.165) is 24.0 Å². The lowest BCUT2D eigenvalue weighted by Crippen LogP contribution is -2.48. The quantitative estimate of drug-likeness (QED) is 0.133. The first-order chi connectivity index (χ1) is 21.2. The fourth-order valence-corrected chi connectivity index (χ4v) is 6.98. The second-order valence-electron chi connectivity index (χ2n) is 10.8. The molecule has 2 atom stereocenters. The van der Waals surface area contributed by atoms with Gasteiger partial charge in [-0.15, -0.1) is 10.8 Å². The van der Waals surface area contributed by atoms with Gasteiger partial charge in [-0.1, -0.05) is 36.4 Å². The summed E-state index contributed by atoms with van der Waals surface area (Å²) in [5.74, 6) is 1.28. The maximum absolute atomic E-state index is 13.7. The molecule has 1 amide bonds. The molecule has 3 aromatic rings. The fourth-order valence-electron chi connectivity index (χ4n) is 5.31. The molecule has 6 N–H and O–H groups in total. The molecule has 3 aromatic carbocycles. The lowest BCUT2D eigenvalue weighted by molar-refractivity contribution is 0.0830. The van der Waals surface area contributed by atoms with Gasteiger partial charge in [0.2, 0.25) is 0 Å². The number of hydrogen-bond acceptors (Lipinski definition) is 9. The second-order valence-corrected chi connectivity index (χ2v) is 12.9. The van der Waals surface area contributed by atoms with Crippen LogP contribution in [-0.2, 0) is 13.0 Å². The van der Waals surface area contributed by atoms with Gasteiger partial charge in [0.05, 0.1) is 37.3 Å². The number of methoxy groups -OCH3 is 1. The summed E-state index contributed by atoms with van der Waals surface area (Å²) in [6, 6.07) is 20.1. The van der Waals surface area contributed by atoms with E-state index in [1.807, 2.05) is 68.4 Å². The Morgan fingerprint density at radius 3 is 2.50 bits per heavy atom. The minimum Gasteiger partial charge on any atom is -0.493 e. The van der Waals surface area contributed by atoms with Crippen LogP contribution in [0.15, 0.2) is 66.7 Å². The summed E-state index contributed by atoms with van der Waals surface area (Å²) >= 11 is 0. The predicted molar refractivity (Wildman–Crippen MR) is 178 cm³/mol. The summed E-state index contributed by atoms with van der Waals surface area (Å²) in [5.41, 5.74) is 3.63. The Hall–Kier alpha value is -3.48. The highest BCUT2D eigenvalue weighted by atomic mass is 32.3. The van der Waals surface area contributed by atoms with Crippen molar-refractivity contribution >= 4 is 28.1 Å². The lowest BCUT2D eigenvalue weighted by atomic mass is 10.00. The van der Waals surface area contributed by atoms with Crippen molar-refractivity contribution in [3.05, 3.63) is 83.4 Å². The van der Waals surface area contributed by atoms with Crippen LogP contribution in [0.25, 0.3) is 0 Å². The van der Waals surface area contributed by atoms with Crippen molar-refractivity contribution in [2.75, 3.05) is 48.7 Å². The van der Waals surface area contributed by atoms with Crippen LogP contribution in [0.4, 0.5) is 11.4 Å². The number of carbonyl (C=O) groups is 1. The highest BCUT2D eigenvalue weighted by Gasteiger charge is 2.28. The van der Waals surface area contributed by atoms with Crippen LogP contribution in [0.2, 0.25) is 0 Å². The number of rotatable bonds is 15. The van der Waals surface area contributed by atoms with Gasteiger partial charge in [-0.05, 0) is 74.6 Å². The second kappa shape index (κ2) is 16.0. The van der Waals surface area contributed by atoms with E-state index in [-0.39, 0.29) is 12.5 Å². The van der Waals surface area contributed by atoms with Gasteiger partial charge >= 0.3 is 0 Å². The molecule has 1 saturated heterocycles. The SMILES string of the molecule is CCNc1cc(C(=O)NC(Cc2ccccc2)C(O)CNCc2ccc(OC)c(OCC)c2)cc(N2CCCCS2(O)O)c1. The lowest BCUT2D eigenvalue weighted by Gasteiger charge is -2.47. The van der Waals surface area contributed by atoms with E-state index >= 15 is 0 Å². The molecule has 0 bridgehead atoms. The third-order valence-corrected chi connectivity index (χ3v) is 9.46. The Kier molecular flexibility index (Phi) is 12.2. The van der Waals surface area contributed by atoms with Gasteiger partial charge in [0, 0.05) is 37.4 Å². The van der Waals surface area contributed by atoms with Crippen LogP contribution in [0.1, 0.15) is 48.2 Å². The Balaban J connectivity index is 1.51. The number of ether oxygens (including phenoxy) is 2. The van der Waals surface area contributed by atoms with Crippen LogP contribution in [0, 0.1) is 0 Å². The zero-order valence-electron chi connectivity index (χ0n) is 25.8. The molecule has 1 aliphatic rings. The van der Waals surface area contributed by atoms with Crippen molar-refractivity contribution in [2.45, 2.75) is 51.8 Å². The van der Waals surface area contributed by atoms with Crippen molar-refractivity contribution in [3.63, 3.8) is 0 Å². The number of aliphatic hydroxyl groups is 1. The average molecular weight is 627 g/mol. The topological polar surface area (TPSA) is 136 Å². The van der Waals surface area contributed by atoms with E-state index in [0.29, 0.717) is 66.9 Å². The molecule has 10 nitrogen and oxygen atoms in total. The molecule has 0 saturated carbocycles. The molecular weight excluding hydrogens is 580 g/mol. The monoisotopic (exact) mass is 626 g/mol. The zero-order valence-corrected chi connectivity index (χ0v) is 26.6. The molecule has 0 spiro atoms. The first kappa shape index (κ1) is 33.4. The van der Waals surface area contributed by atoms with Crippen molar-refractivity contribution in [2.24, 2.45) is 0 Å². The van der Waals surface area contributed by atoms with Crippen LogP contribution in [0.5, 0.6) is 11.5 Å². The van der Waals surface area contributed by atoms with Crippen molar-refractivity contribution in [3.8, 4) is 11.5 Å². The summed E-state index contributed by atoms with van der Waals surface area (Å²) in [4.78, 5) is 13.7. The van der Waals surface area contributed by atoms with E-state index in [1.54, 1.807) is 23.5 Å². The summed E-state index contributed by atoms with van der Waals surface area (Å²) < 4.78 is 34.2. The van der Waals surface area contributed by atoms with Crippen LogP contribution in [0.3, 0.4) is 0 Å². The predicted octanol–water partition coefficient (Wildman–Crippen LogP) is 5.28. The van der Waals surface area contributed by atoms with Crippen LogP contribution >= 0.6 is 10.8 Å². The Morgan fingerprint density at radius 2 is 1.80 bits per heavy atom. The summed E-state index contributed by atoms with van der Waals surface area (Å²) in [5, 5.41) is 20.9. The number of nitrogens with zero attached hydrogens (tertiary/aromatic N) is 1. The summed E-state index contributed by atoms with van der Waals surface area (Å²) in [6.07, 6.45) is 1.12. The highest BCUT2D eigenvalue weighted by Crippen LogP contribution is 2.50. The molecule has 44 heavy (non-hydrogen) atoms. The standard InChI is InChI=1S/C33H46N4O6S/c1-4-35-27-19-26(20-28(21-27)37-15-9-10-16-44(37,40)41)33(39)36-29(17-24-11-7-6-8-12-24)30(38)23-34-22-25-13-14-31(42-3)32(18-25)43-5-2/h6-8,11-14,18-21,29-30,34-35,38,40-41H,4-5,9-10,15-17,22-23H2,1-3H3,(H,36,39). The first-order valence-electron chi connectivity index (χ1n) is 15.2. The van der Waals surface area contributed by atoms with Gasteiger partial charge in [-0.25, -0.2) is 0 Å². The summed E-state index contributed by atoms with van der Waals surface area (Å²) in [7, 11) is -1.36. The van der Waals surface area contributed by atoms with Gasteiger partial charge < -0.3 is 30.5 Å². The zero-order chi connectivity index (χ0) is 31.5. The molecule has 0 radical (unpaired) electrons. The van der Waals surface area contributed by atoms with E-state index in [2.05, 4.69) is 16.0 Å². The van der Waals surface area contributed by atoms with Crippen LogP contribution < -0.4 is 29.7 Å². The number of aliphatic hydroxyl groups excluding tert-OH is 1. The number of carbonyl (C=O) groups excluding carboxylic acids is 1. The number of hydrogen-bond donors (Lipinski definition) is 6. The number of anilines is 2. The van der Waals surface area contributed by atoms with E-state index in [9.17, 15) is 19.0 Å². The highest BCUT2D eigenvalue weighted by molar-refractivity contribution is 8.25. The largest absolute Gasteiger partial charge is 0.493 e. The minimum atomic E-state index is -2.96. The molecule has 0 aromatic heterocycles. The number of benzene rings is 3. The van der Waals surface area contributed by atoms with Crippen molar-refractivity contribution in [1.82, 2.24) is 10.6 Å². The van der Waals surface area contributed by atoms with E-state index < -0.39 is 22.9 Å². The molecule has 1 fully saturated rings. The molecular formula is C33H46N4O6S. The average Bonchev–Trinajstić information content (AvgIpc) is 3.01. The maximum Gasteiger partial charge on any atom is 0.251 e. The molecule has 2 unspecified atom stereocenters. The van der Waals surface area contributed by atoms with E-state index in [1.165, 1.54) is 0 Å². The summed E-state index contributed by atoms with van der Waals surface area (Å²) in [6.45, 7) is 6.27. The fraction of sp³-hybridized carbons (Fsp3) is 0.424. The van der Waals surface area contributed by atoms with E-state index in [4.69, 9.17) is 9.47 Å². The maximum atomic E-state index is 13.7. The third-order valence-electron chi connectivity index (χ3n) is 7.52. The van der Waals surface area contributed by atoms with Gasteiger partial charge in [0.15, 0.2) is 11.5 Å². The third kappa shape index (κ3) is 9.02. The van der Waals surface area contributed by atoms with Gasteiger partial charge in [-0.2, -0.15) is 0 Å². The number of amides is 1. The molecule has 11 heteroatoms. The van der Waals surface area contributed by atoms with Gasteiger partial charge in [0.25, 0.3) is 5.91 Å². The Morgan fingerprint density at radius 1 is 1.00 bits per heavy atom. The Labute approximate surface area is 262 Å². The van der Waals surface area contributed by atoms with Crippen molar-refractivity contribution < 1.29 is 28.5 Å². The first-order valence-corrected chi connectivity index (χ1v) is 16.9. The van der Waals surface area contributed by atoms with Crippen molar-refractivity contribution in [1.29, 1.82) is 0 Å². The molecule has 240 valence electrons. The van der Waals surface area contributed by atoms with Gasteiger partial charge in [-0.3, -0.25) is 18.2 Å². The van der Waals surface area contributed by atoms with Crippen LogP contribution in [-0.4, -0.2) is 71.4 Å². The molecule has 1 heterocycles. The normalized spacial score (nSPS) is 16.5. The Bertz CT molecular complexity index is 1360.